The van der Waals surface area contributed by atoms with Crippen LogP contribution >= 0.6 is 0 Å². The summed E-state index contributed by atoms with van der Waals surface area (Å²) in [5, 5.41) is 6.99. The summed E-state index contributed by atoms with van der Waals surface area (Å²) in [7, 11) is 0. The van der Waals surface area contributed by atoms with Crippen LogP contribution in [0.1, 0.15) is 77.6 Å². The van der Waals surface area contributed by atoms with Gasteiger partial charge in [-0.2, -0.15) is 0 Å². The lowest BCUT2D eigenvalue weighted by Crippen LogP contribution is -2.19. The molecule has 1 unspecified atom stereocenters. The molecule has 0 fully saturated rings. The lowest BCUT2D eigenvalue weighted by Gasteiger charge is -2.19. The van der Waals surface area contributed by atoms with E-state index in [4.69, 9.17) is 4.98 Å². The highest BCUT2D eigenvalue weighted by molar-refractivity contribution is 5.57. The molecule has 0 aliphatic carbocycles. The zero-order valence-electron chi connectivity index (χ0n) is 14.6. The standard InChI is InChI=1S/C17H32N4/c1-7-9-10-13(5)19-17-14(6)16(18-11-8-2)20-15(21-17)12(3)4/h12-13H,7-11H2,1-6H3,(H2,18,19,20,21). The van der Waals surface area contributed by atoms with Gasteiger partial charge in [0, 0.05) is 24.1 Å². The molecule has 4 nitrogen and oxygen atoms in total. The maximum absolute atomic E-state index is 4.73. The minimum Gasteiger partial charge on any atom is -0.370 e. The molecule has 1 heterocycles. The highest BCUT2D eigenvalue weighted by atomic mass is 15.1. The monoisotopic (exact) mass is 292 g/mol. The van der Waals surface area contributed by atoms with Gasteiger partial charge in [-0.05, 0) is 26.7 Å². The normalized spacial score (nSPS) is 12.5. The highest BCUT2D eigenvalue weighted by Crippen LogP contribution is 2.24. The Morgan fingerprint density at radius 2 is 1.67 bits per heavy atom. The third-order valence-electron chi connectivity index (χ3n) is 3.60. The average molecular weight is 292 g/mol. The zero-order valence-corrected chi connectivity index (χ0v) is 14.6. The van der Waals surface area contributed by atoms with Crippen molar-refractivity contribution in [3.8, 4) is 0 Å². The molecule has 0 saturated heterocycles. The first kappa shape index (κ1) is 17.7. The van der Waals surface area contributed by atoms with Gasteiger partial charge in [-0.1, -0.05) is 40.5 Å². The molecule has 2 N–H and O–H groups in total. The fourth-order valence-electron chi connectivity index (χ4n) is 2.16. The molecule has 0 aliphatic heterocycles. The number of rotatable bonds is 9. The Labute approximate surface area is 130 Å². The maximum Gasteiger partial charge on any atom is 0.135 e. The van der Waals surface area contributed by atoms with Crippen LogP contribution in [0.15, 0.2) is 0 Å². The van der Waals surface area contributed by atoms with Gasteiger partial charge in [0.25, 0.3) is 0 Å². The Kier molecular flexibility index (Phi) is 7.48. The second-order valence-corrected chi connectivity index (χ2v) is 6.17. The molecule has 1 aromatic heterocycles. The molecular formula is C17H32N4. The van der Waals surface area contributed by atoms with Gasteiger partial charge < -0.3 is 10.6 Å². The quantitative estimate of drug-likeness (QED) is 0.691. The molecular weight excluding hydrogens is 260 g/mol. The second kappa shape index (κ2) is 8.85. The SMILES string of the molecule is CCCCC(C)Nc1nc(C(C)C)nc(NCCC)c1C. The maximum atomic E-state index is 4.73. The van der Waals surface area contributed by atoms with Gasteiger partial charge in [-0.25, -0.2) is 9.97 Å². The van der Waals surface area contributed by atoms with Gasteiger partial charge >= 0.3 is 0 Å². The van der Waals surface area contributed by atoms with Crippen LogP contribution in [-0.4, -0.2) is 22.6 Å². The Morgan fingerprint density at radius 3 is 2.24 bits per heavy atom. The van der Waals surface area contributed by atoms with Crippen molar-refractivity contribution in [1.29, 1.82) is 0 Å². The molecule has 0 amide bonds. The van der Waals surface area contributed by atoms with Crippen LogP contribution in [0.3, 0.4) is 0 Å². The third kappa shape index (κ3) is 5.52. The first-order chi connectivity index (χ1) is 9.99. The van der Waals surface area contributed by atoms with Crippen molar-refractivity contribution in [3.05, 3.63) is 11.4 Å². The molecule has 0 spiro atoms. The highest BCUT2D eigenvalue weighted by Gasteiger charge is 2.14. The number of aromatic nitrogens is 2. The van der Waals surface area contributed by atoms with E-state index in [0.29, 0.717) is 12.0 Å². The van der Waals surface area contributed by atoms with Crippen LogP contribution < -0.4 is 10.6 Å². The second-order valence-electron chi connectivity index (χ2n) is 6.17. The fraction of sp³-hybridized carbons (Fsp3) is 0.765. The molecule has 0 radical (unpaired) electrons. The Balaban J connectivity index is 2.96. The summed E-state index contributed by atoms with van der Waals surface area (Å²) in [6.45, 7) is 13.9. The van der Waals surface area contributed by atoms with E-state index in [0.717, 1.165) is 36.0 Å². The molecule has 1 aromatic rings. The molecule has 1 rings (SSSR count). The number of nitrogens with zero attached hydrogens (tertiary/aromatic N) is 2. The predicted molar refractivity (Wildman–Crippen MR) is 92.2 cm³/mol. The van der Waals surface area contributed by atoms with Gasteiger partial charge in [0.2, 0.25) is 0 Å². The van der Waals surface area contributed by atoms with Gasteiger partial charge in [0.15, 0.2) is 0 Å². The number of hydrogen-bond donors (Lipinski definition) is 2. The smallest absolute Gasteiger partial charge is 0.135 e. The van der Waals surface area contributed by atoms with Gasteiger partial charge in [0.05, 0.1) is 0 Å². The minimum absolute atomic E-state index is 0.333. The first-order valence-corrected chi connectivity index (χ1v) is 8.38. The Hall–Kier alpha value is -1.32. The van der Waals surface area contributed by atoms with E-state index in [1.807, 2.05) is 0 Å². The van der Waals surface area contributed by atoms with E-state index < -0.39 is 0 Å². The summed E-state index contributed by atoms with van der Waals surface area (Å²) < 4.78 is 0. The molecule has 21 heavy (non-hydrogen) atoms. The topological polar surface area (TPSA) is 49.8 Å². The molecule has 120 valence electrons. The van der Waals surface area contributed by atoms with E-state index in [1.165, 1.54) is 19.3 Å². The van der Waals surface area contributed by atoms with Crippen molar-refractivity contribution in [1.82, 2.24) is 9.97 Å². The number of hydrogen-bond acceptors (Lipinski definition) is 4. The Bertz CT molecular complexity index is 429. The summed E-state index contributed by atoms with van der Waals surface area (Å²) >= 11 is 0. The van der Waals surface area contributed by atoms with Crippen LogP contribution in [0.2, 0.25) is 0 Å². The molecule has 0 aliphatic rings. The lowest BCUT2D eigenvalue weighted by molar-refractivity contribution is 0.641. The molecule has 0 bridgehead atoms. The third-order valence-corrected chi connectivity index (χ3v) is 3.60. The van der Waals surface area contributed by atoms with Crippen LogP contribution in [0.4, 0.5) is 11.6 Å². The van der Waals surface area contributed by atoms with Crippen LogP contribution in [0.5, 0.6) is 0 Å². The Morgan fingerprint density at radius 1 is 1.00 bits per heavy atom. The van der Waals surface area contributed by atoms with E-state index in [1.54, 1.807) is 0 Å². The summed E-state index contributed by atoms with van der Waals surface area (Å²) in [4.78, 5) is 9.40. The van der Waals surface area contributed by atoms with Crippen molar-refractivity contribution in [2.45, 2.75) is 79.2 Å². The van der Waals surface area contributed by atoms with Crippen LogP contribution in [-0.2, 0) is 0 Å². The van der Waals surface area contributed by atoms with Crippen molar-refractivity contribution in [2.24, 2.45) is 0 Å². The van der Waals surface area contributed by atoms with Gasteiger partial charge in [-0.15, -0.1) is 0 Å². The van der Waals surface area contributed by atoms with E-state index in [9.17, 15) is 0 Å². The van der Waals surface area contributed by atoms with Gasteiger partial charge in [-0.3, -0.25) is 0 Å². The summed E-state index contributed by atoms with van der Waals surface area (Å²) in [6.07, 6.45) is 4.75. The van der Waals surface area contributed by atoms with Crippen LogP contribution in [0, 0.1) is 6.92 Å². The summed E-state index contributed by atoms with van der Waals surface area (Å²) in [6, 6.07) is 0.442. The molecule has 4 heteroatoms. The first-order valence-electron chi connectivity index (χ1n) is 8.38. The summed E-state index contributed by atoms with van der Waals surface area (Å²) in [5.74, 6) is 3.19. The molecule has 0 aromatic carbocycles. The number of anilines is 2. The predicted octanol–water partition coefficient (Wildman–Crippen LogP) is 4.72. The van der Waals surface area contributed by atoms with E-state index in [2.05, 4.69) is 57.2 Å². The van der Waals surface area contributed by atoms with Crippen molar-refractivity contribution in [3.63, 3.8) is 0 Å². The zero-order chi connectivity index (χ0) is 15.8. The van der Waals surface area contributed by atoms with Crippen molar-refractivity contribution in [2.75, 3.05) is 17.2 Å². The largest absolute Gasteiger partial charge is 0.370 e. The minimum atomic E-state index is 0.333. The average Bonchev–Trinajstić information content (AvgIpc) is 2.45. The van der Waals surface area contributed by atoms with E-state index in [-0.39, 0.29) is 0 Å². The van der Waals surface area contributed by atoms with E-state index >= 15 is 0 Å². The number of nitrogens with one attached hydrogen (secondary N) is 2. The molecule has 0 saturated carbocycles. The number of unbranched alkanes of at least 4 members (excludes halogenated alkanes) is 1. The fourth-order valence-corrected chi connectivity index (χ4v) is 2.16. The molecule has 1 atom stereocenters. The van der Waals surface area contributed by atoms with Crippen LogP contribution in [0.25, 0.3) is 0 Å². The van der Waals surface area contributed by atoms with Crippen molar-refractivity contribution < 1.29 is 0 Å². The van der Waals surface area contributed by atoms with Crippen molar-refractivity contribution >= 4 is 11.6 Å². The summed E-state index contributed by atoms with van der Waals surface area (Å²) in [5.41, 5.74) is 1.12. The lowest BCUT2D eigenvalue weighted by atomic mass is 10.1. The van der Waals surface area contributed by atoms with Gasteiger partial charge in [0.1, 0.15) is 17.5 Å².